The van der Waals surface area contributed by atoms with Crippen LogP contribution in [-0.4, -0.2) is 41.2 Å². The van der Waals surface area contributed by atoms with Gasteiger partial charge in [-0.2, -0.15) is 0 Å². The minimum Gasteiger partial charge on any atom is -0.454 e. The molecule has 1 aliphatic heterocycles. The highest BCUT2D eigenvalue weighted by molar-refractivity contribution is 9.10. The molecule has 0 aromatic heterocycles. The maximum absolute atomic E-state index is 13.8. The van der Waals surface area contributed by atoms with Gasteiger partial charge in [0.2, 0.25) is 11.8 Å². The number of benzene rings is 3. The van der Waals surface area contributed by atoms with Gasteiger partial charge in [0.05, 0.1) is 11.8 Å². The molecule has 3 aliphatic carbocycles. The number of nitrogens with one attached hydrogen (secondary N) is 1. The molecule has 3 amide bonds. The molecule has 38 heavy (non-hydrogen) atoms. The summed E-state index contributed by atoms with van der Waals surface area (Å²) in [4.78, 5) is 53.9. The molecule has 7 rings (SSSR count). The van der Waals surface area contributed by atoms with Gasteiger partial charge in [-0.15, -0.1) is 0 Å². The van der Waals surface area contributed by atoms with Gasteiger partial charge in [0, 0.05) is 22.0 Å². The van der Waals surface area contributed by atoms with Crippen LogP contribution in [-0.2, 0) is 23.9 Å². The first-order valence-corrected chi connectivity index (χ1v) is 13.3. The van der Waals surface area contributed by atoms with Crippen molar-refractivity contribution in [1.82, 2.24) is 4.90 Å². The Labute approximate surface area is 228 Å². The number of anilines is 1. The smallest absolute Gasteiger partial charge is 0.329 e. The van der Waals surface area contributed by atoms with Crippen molar-refractivity contribution >= 4 is 45.3 Å². The topological polar surface area (TPSA) is 92.8 Å². The summed E-state index contributed by atoms with van der Waals surface area (Å²) in [7, 11) is 0. The van der Waals surface area contributed by atoms with Crippen molar-refractivity contribution in [2.45, 2.75) is 31.7 Å². The Hall–Kier alpha value is -3.78. The van der Waals surface area contributed by atoms with E-state index in [1.54, 1.807) is 12.1 Å². The Kier molecular flexibility index (Phi) is 5.94. The molecule has 0 spiro atoms. The van der Waals surface area contributed by atoms with E-state index in [-0.39, 0.29) is 23.7 Å². The van der Waals surface area contributed by atoms with Crippen LogP contribution in [0.25, 0.3) is 0 Å². The van der Waals surface area contributed by atoms with Crippen LogP contribution in [0, 0.1) is 18.8 Å². The number of nitrogens with zero attached hydrogens (tertiary/aromatic N) is 1. The number of hydrogen-bond acceptors (Lipinski definition) is 5. The number of halogens is 1. The predicted molar refractivity (Wildman–Crippen MR) is 143 cm³/mol. The Bertz CT molecular complexity index is 1400. The lowest BCUT2D eigenvalue weighted by atomic mass is 9.55. The Morgan fingerprint density at radius 3 is 1.87 bits per heavy atom. The van der Waals surface area contributed by atoms with E-state index in [0.717, 1.165) is 37.2 Å². The molecule has 3 aromatic carbocycles. The second-order valence-corrected chi connectivity index (χ2v) is 11.0. The first kappa shape index (κ1) is 24.6. The summed E-state index contributed by atoms with van der Waals surface area (Å²) in [5.74, 6) is -3.67. The molecule has 192 valence electrons. The highest BCUT2D eigenvalue weighted by Crippen LogP contribution is 2.61. The third-order valence-electron chi connectivity index (χ3n) is 8.00. The summed E-state index contributed by atoms with van der Waals surface area (Å²) in [6.45, 7) is 2.85. The van der Waals surface area contributed by atoms with Gasteiger partial charge in [-0.1, -0.05) is 64.5 Å². The van der Waals surface area contributed by atoms with Gasteiger partial charge in [-0.3, -0.25) is 19.3 Å². The lowest BCUT2D eigenvalue weighted by Crippen LogP contribution is -2.45. The lowest BCUT2D eigenvalue weighted by molar-refractivity contribution is -0.159. The van der Waals surface area contributed by atoms with E-state index in [0.29, 0.717) is 5.69 Å². The Morgan fingerprint density at radius 1 is 0.895 bits per heavy atom. The lowest BCUT2D eigenvalue weighted by Gasteiger charge is -2.45. The molecule has 1 N–H and O–H groups in total. The average Bonchev–Trinajstić information content (AvgIpc) is 3.19. The maximum atomic E-state index is 13.8. The molecule has 0 saturated carbocycles. The normalized spacial score (nSPS) is 23.4. The molecular formula is C30H25BrN2O5. The predicted octanol–water partition coefficient (Wildman–Crippen LogP) is 4.52. The number of carbonyl (C=O) groups is 4. The van der Waals surface area contributed by atoms with Crippen LogP contribution in [0.1, 0.15) is 46.6 Å². The summed E-state index contributed by atoms with van der Waals surface area (Å²) in [6.07, 6.45) is 0. The largest absolute Gasteiger partial charge is 0.454 e. The molecule has 3 aromatic rings. The van der Waals surface area contributed by atoms with Crippen LogP contribution < -0.4 is 5.32 Å². The molecular weight excluding hydrogens is 548 g/mol. The first-order chi connectivity index (χ1) is 18.3. The number of hydrogen-bond donors (Lipinski definition) is 1. The van der Waals surface area contributed by atoms with E-state index in [2.05, 4.69) is 21.2 Å². The summed E-state index contributed by atoms with van der Waals surface area (Å²) >= 11 is 3.41. The molecule has 1 fully saturated rings. The zero-order valence-corrected chi connectivity index (χ0v) is 22.4. The van der Waals surface area contributed by atoms with Crippen LogP contribution in [0.3, 0.4) is 0 Å². The molecule has 2 bridgehead atoms. The van der Waals surface area contributed by atoms with Crippen LogP contribution in [0.4, 0.5) is 5.69 Å². The number of imide groups is 1. The van der Waals surface area contributed by atoms with Crippen molar-refractivity contribution in [3.05, 3.63) is 99.0 Å². The van der Waals surface area contributed by atoms with Gasteiger partial charge in [0.25, 0.3) is 5.91 Å². The fourth-order valence-corrected chi connectivity index (χ4v) is 6.61. The quantitative estimate of drug-likeness (QED) is 0.358. The van der Waals surface area contributed by atoms with Crippen molar-refractivity contribution in [1.29, 1.82) is 0 Å². The summed E-state index contributed by atoms with van der Waals surface area (Å²) in [6, 6.07) is 20.1. The van der Waals surface area contributed by atoms with Crippen molar-refractivity contribution in [3.8, 4) is 0 Å². The highest BCUT2D eigenvalue weighted by atomic mass is 79.9. The zero-order chi connectivity index (χ0) is 26.7. The van der Waals surface area contributed by atoms with Crippen molar-refractivity contribution in [2.24, 2.45) is 11.8 Å². The van der Waals surface area contributed by atoms with Gasteiger partial charge in [-0.25, -0.2) is 4.79 Å². The van der Waals surface area contributed by atoms with Gasteiger partial charge in [0.1, 0.15) is 6.04 Å². The Morgan fingerprint density at radius 2 is 1.39 bits per heavy atom. The molecule has 1 heterocycles. The number of likely N-dealkylation sites (tertiary alicyclic amines) is 1. The number of aryl methyl sites for hydroxylation is 1. The SMILES string of the molecule is Cc1cc(NC(=O)COC(=O)[C@H](C)N2C(=O)[C@H]3C4c5ccccc5C(c5ccccc54)[C@@H]3C2=O)ccc1Br. The number of rotatable bonds is 5. The first-order valence-electron chi connectivity index (χ1n) is 12.5. The molecule has 8 heteroatoms. The van der Waals surface area contributed by atoms with Crippen LogP contribution >= 0.6 is 15.9 Å². The second kappa shape index (κ2) is 9.20. The van der Waals surface area contributed by atoms with Gasteiger partial charge in [-0.05, 0) is 59.9 Å². The monoisotopic (exact) mass is 572 g/mol. The van der Waals surface area contributed by atoms with E-state index in [1.807, 2.05) is 61.5 Å². The fraction of sp³-hybridized carbons (Fsp3) is 0.267. The molecule has 7 nitrogen and oxygen atoms in total. The van der Waals surface area contributed by atoms with Crippen LogP contribution in [0.5, 0.6) is 0 Å². The molecule has 4 aliphatic rings. The van der Waals surface area contributed by atoms with Crippen molar-refractivity contribution in [2.75, 3.05) is 11.9 Å². The number of ether oxygens (including phenoxy) is 1. The number of amides is 3. The fourth-order valence-electron chi connectivity index (χ4n) is 6.36. The Balaban J connectivity index is 1.20. The minimum absolute atomic E-state index is 0.248. The van der Waals surface area contributed by atoms with Crippen LogP contribution in [0.15, 0.2) is 71.2 Å². The zero-order valence-electron chi connectivity index (χ0n) is 20.8. The molecule has 1 saturated heterocycles. The third-order valence-corrected chi connectivity index (χ3v) is 8.89. The summed E-state index contributed by atoms with van der Waals surface area (Å²) in [5.41, 5.74) is 5.78. The average molecular weight is 573 g/mol. The third kappa shape index (κ3) is 3.69. The standard InChI is InChI=1S/C30H25BrN2O5/c1-15-13-17(11-12-22(15)31)32-23(34)14-38-30(37)16(2)33-28(35)26-24-18-7-3-4-8-19(18)25(27(26)29(33)36)21-10-6-5-9-20(21)24/h3-13,16,24-27H,14H2,1-2H3,(H,32,34)/t16-,24?,25?,26-,27-/m0/s1. The molecule has 3 atom stereocenters. The van der Waals surface area contributed by atoms with Crippen LogP contribution in [0.2, 0.25) is 0 Å². The summed E-state index contributed by atoms with van der Waals surface area (Å²) in [5, 5.41) is 2.69. The number of esters is 1. The minimum atomic E-state index is -1.14. The van der Waals surface area contributed by atoms with Gasteiger partial charge in [0.15, 0.2) is 6.61 Å². The van der Waals surface area contributed by atoms with E-state index in [1.165, 1.54) is 6.92 Å². The van der Waals surface area contributed by atoms with E-state index < -0.39 is 36.4 Å². The molecule has 0 unspecified atom stereocenters. The van der Waals surface area contributed by atoms with E-state index in [4.69, 9.17) is 4.74 Å². The van der Waals surface area contributed by atoms with Gasteiger partial charge < -0.3 is 10.1 Å². The van der Waals surface area contributed by atoms with Gasteiger partial charge >= 0.3 is 5.97 Å². The molecule has 0 radical (unpaired) electrons. The van der Waals surface area contributed by atoms with Crippen molar-refractivity contribution in [3.63, 3.8) is 0 Å². The van der Waals surface area contributed by atoms with E-state index >= 15 is 0 Å². The maximum Gasteiger partial charge on any atom is 0.329 e. The number of carbonyl (C=O) groups excluding carboxylic acids is 4. The highest BCUT2D eigenvalue weighted by Gasteiger charge is 2.62. The van der Waals surface area contributed by atoms with Crippen molar-refractivity contribution < 1.29 is 23.9 Å². The van der Waals surface area contributed by atoms with E-state index in [9.17, 15) is 19.2 Å². The second-order valence-electron chi connectivity index (χ2n) is 10.1. The summed E-state index contributed by atoms with van der Waals surface area (Å²) < 4.78 is 6.15.